The fourth-order valence-electron chi connectivity index (χ4n) is 1.09. The molecule has 0 aromatic carbocycles. The summed E-state index contributed by atoms with van der Waals surface area (Å²) in [6, 6.07) is 3.66. The molecule has 0 aliphatic rings. The van der Waals surface area contributed by atoms with Crippen molar-refractivity contribution in [2.24, 2.45) is 0 Å². The monoisotopic (exact) mass is 256 g/mol. The second kappa shape index (κ2) is 5.10. The first-order valence-electron chi connectivity index (χ1n) is 4.53. The summed E-state index contributed by atoms with van der Waals surface area (Å²) in [5.41, 5.74) is 0. The van der Waals surface area contributed by atoms with Crippen LogP contribution in [-0.2, 0) is 4.79 Å². The zero-order valence-electron chi connectivity index (χ0n) is 8.33. The molecule has 3 nitrogen and oxygen atoms in total. The molecule has 4 heteroatoms. The third-order valence-electron chi connectivity index (χ3n) is 1.89. The van der Waals surface area contributed by atoms with Crippen LogP contribution in [0.2, 0.25) is 0 Å². The molecule has 1 rings (SSSR count). The molecule has 0 aliphatic heterocycles. The zero-order chi connectivity index (χ0) is 10.6. The lowest BCUT2D eigenvalue weighted by molar-refractivity contribution is -0.118. The molecule has 14 heavy (non-hydrogen) atoms. The largest absolute Gasteiger partial charge is 0.300 e. The van der Waals surface area contributed by atoms with Gasteiger partial charge in [-0.2, -0.15) is 0 Å². The summed E-state index contributed by atoms with van der Waals surface area (Å²) >= 11 is 3.34. The van der Waals surface area contributed by atoms with Crippen molar-refractivity contribution in [3.8, 4) is 0 Å². The lowest BCUT2D eigenvalue weighted by Crippen LogP contribution is -2.26. The predicted octanol–water partition coefficient (Wildman–Crippen LogP) is 2.61. The highest BCUT2D eigenvalue weighted by Gasteiger charge is 2.10. The van der Waals surface area contributed by atoms with Crippen LogP contribution in [0.1, 0.15) is 19.8 Å². The number of hydrogen-bond donors (Lipinski definition) is 0. The first-order chi connectivity index (χ1) is 6.65. The first kappa shape index (κ1) is 11.2. The number of halogens is 1. The Labute approximate surface area is 92.3 Å². The van der Waals surface area contributed by atoms with Gasteiger partial charge in [0, 0.05) is 24.1 Å². The third kappa shape index (κ3) is 2.80. The average molecular weight is 257 g/mol. The maximum absolute atomic E-state index is 11.5. The van der Waals surface area contributed by atoms with E-state index in [-0.39, 0.29) is 5.91 Å². The smallest absolute Gasteiger partial charge is 0.227 e. The normalized spacial score (nSPS) is 9.93. The van der Waals surface area contributed by atoms with Gasteiger partial charge in [0.25, 0.3) is 0 Å². The number of amides is 1. The Hall–Kier alpha value is -0.900. The minimum atomic E-state index is 0.0955. The molecule has 0 aliphatic carbocycles. The van der Waals surface area contributed by atoms with Gasteiger partial charge in [0.15, 0.2) is 0 Å². The second-order valence-electron chi connectivity index (χ2n) is 3.04. The second-order valence-corrected chi connectivity index (χ2v) is 3.95. The van der Waals surface area contributed by atoms with E-state index in [0.717, 1.165) is 10.9 Å². The molecule has 0 saturated carbocycles. The summed E-state index contributed by atoms with van der Waals surface area (Å²) in [6.45, 7) is 1.99. The Bertz CT molecular complexity index is 328. The number of carbonyl (C=O) groups excluding carboxylic acids is 1. The Balaban J connectivity index is 2.78. The number of hydrogen-bond acceptors (Lipinski definition) is 2. The van der Waals surface area contributed by atoms with Crippen LogP contribution in [-0.4, -0.2) is 17.9 Å². The van der Waals surface area contributed by atoms with Crippen LogP contribution >= 0.6 is 15.9 Å². The van der Waals surface area contributed by atoms with E-state index >= 15 is 0 Å². The van der Waals surface area contributed by atoms with Gasteiger partial charge in [-0.3, -0.25) is 9.69 Å². The summed E-state index contributed by atoms with van der Waals surface area (Å²) in [7, 11) is 1.74. The third-order valence-corrected chi connectivity index (χ3v) is 2.38. The van der Waals surface area contributed by atoms with E-state index in [0.29, 0.717) is 12.2 Å². The van der Waals surface area contributed by atoms with Gasteiger partial charge in [-0.25, -0.2) is 4.98 Å². The number of carbonyl (C=O) groups is 1. The van der Waals surface area contributed by atoms with E-state index in [1.807, 2.05) is 19.1 Å². The van der Waals surface area contributed by atoms with E-state index in [4.69, 9.17) is 0 Å². The molecule has 0 spiro atoms. The fraction of sp³-hybridized carbons (Fsp3) is 0.400. The molecule has 0 unspecified atom stereocenters. The van der Waals surface area contributed by atoms with E-state index < -0.39 is 0 Å². The van der Waals surface area contributed by atoms with Gasteiger partial charge in [-0.05, 0) is 18.6 Å². The van der Waals surface area contributed by atoms with E-state index in [2.05, 4.69) is 20.9 Å². The standard InChI is InChI=1S/C10H13BrN2O/c1-3-4-10(14)13(2)9-7-8(11)5-6-12-9/h5-7H,3-4H2,1-2H3. The first-order valence-corrected chi connectivity index (χ1v) is 5.32. The number of rotatable bonds is 3. The molecule has 0 saturated heterocycles. The van der Waals surface area contributed by atoms with Gasteiger partial charge < -0.3 is 0 Å². The minimum absolute atomic E-state index is 0.0955. The van der Waals surface area contributed by atoms with Gasteiger partial charge in [0.05, 0.1) is 0 Å². The minimum Gasteiger partial charge on any atom is -0.300 e. The van der Waals surface area contributed by atoms with Crippen LogP contribution in [0.3, 0.4) is 0 Å². The highest BCUT2D eigenvalue weighted by molar-refractivity contribution is 9.10. The number of aromatic nitrogens is 1. The van der Waals surface area contributed by atoms with Crippen LogP contribution in [0.4, 0.5) is 5.82 Å². The average Bonchev–Trinajstić information content (AvgIpc) is 2.17. The van der Waals surface area contributed by atoms with Crippen LogP contribution in [0.5, 0.6) is 0 Å². The maximum Gasteiger partial charge on any atom is 0.227 e. The lowest BCUT2D eigenvalue weighted by atomic mass is 10.3. The topological polar surface area (TPSA) is 33.2 Å². The van der Waals surface area contributed by atoms with Crippen LogP contribution < -0.4 is 4.90 Å². The van der Waals surface area contributed by atoms with Crippen molar-refractivity contribution in [2.75, 3.05) is 11.9 Å². The fourth-order valence-corrected chi connectivity index (χ4v) is 1.41. The molecular weight excluding hydrogens is 244 g/mol. The number of pyridine rings is 1. The summed E-state index contributed by atoms with van der Waals surface area (Å²) in [5, 5.41) is 0. The van der Waals surface area contributed by atoms with Gasteiger partial charge in [-0.1, -0.05) is 22.9 Å². The highest BCUT2D eigenvalue weighted by Crippen LogP contribution is 2.16. The molecule has 76 valence electrons. The van der Waals surface area contributed by atoms with Crippen molar-refractivity contribution >= 4 is 27.7 Å². The van der Waals surface area contributed by atoms with Crippen molar-refractivity contribution < 1.29 is 4.79 Å². The molecule has 1 aromatic heterocycles. The Morgan fingerprint density at radius 1 is 1.64 bits per heavy atom. The maximum atomic E-state index is 11.5. The van der Waals surface area contributed by atoms with Gasteiger partial charge in [0.2, 0.25) is 5.91 Å². The van der Waals surface area contributed by atoms with E-state index in [1.165, 1.54) is 0 Å². The summed E-state index contributed by atoms with van der Waals surface area (Å²) in [4.78, 5) is 17.2. The van der Waals surface area contributed by atoms with Crippen molar-refractivity contribution in [1.29, 1.82) is 0 Å². The molecule has 1 amide bonds. The molecule has 0 N–H and O–H groups in total. The predicted molar refractivity (Wildman–Crippen MR) is 60.3 cm³/mol. The quantitative estimate of drug-likeness (QED) is 0.833. The molecule has 0 bridgehead atoms. The van der Waals surface area contributed by atoms with Crippen LogP contribution in [0.15, 0.2) is 22.8 Å². The molecule has 0 atom stereocenters. The Morgan fingerprint density at radius 3 is 2.93 bits per heavy atom. The van der Waals surface area contributed by atoms with Crippen molar-refractivity contribution in [3.63, 3.8) is 0 Å². The van der Waals surface area contributed by atoms with Gasteiger partial charge in [-0.15, -0.1) is 0 Å². The zero-order valence-corrected chi connectivity index (χ0v) is 9.91. The van der Waals surface area contributed by atoms with E-state index in [1.54, 1.807) is 18.1 Å². The number of nitrogens with zero attached hydrogens (tertiary/aromatic N) is 2. The van der Waals surface area contributed by atoms with E-state index in [9.17, 15) is 4.79 Å². The molecular formula is C10H13BrN2O. The molecule has 1 heterocycles. The van der Waals surface area contributed by atoms with Gasteiger partial charge in [0.1, 0.15) is 5.82 Å². The molecule has 1 aromatic rings. The lowest BCUT2D eigenvalue weighted by Gasteiger charge is -2.15. The van der Waals surface area contributed by atoms with Crippen molar-refractivity contribution in [2.45, 2.75) is 19.8 Å². The van der Waals surface area contributed by atoms with Crippen molar-refractivity contribution in [1.82, 2.24) is 4.98 Å². The Morgan fingerprint density at radius 2 is 2.36 bits per heavy atom. The summed E-state index contributed by atoms with van der Waals surface area (Å²) in [6.07, 6.45) is 3.09. The Kier molecular flexibility index (Phi) is 4.07. The van der Waals surface area contributed by atoms with Crippen LogP contribution in [0, 0.1) is 0 Å². The summed E-state index contributed by atoms with van der Waals surface area (Å²) < 4.78 is 0.929. The van der Waals surface area contributed by atoms with Gasteiger partial charge >= 0.3 is 0 Å². The summed E-state index contributed by atoms with van der Waals surface area (Å²) in [5.74, 6) is 0.774. The molecule has 0 radical (unpaired) electrons. The highest BCUT2D eigenvalue weighted by atomic mass is 79.9. The SMILES string of the molecule is CCCC(=O)N(C)c1cc(Br)ccn1. The van der Waals surface area contributed by atoms with Crippen molar-refractivity contribution in [3.05, 3.63) is 22.8 Å². The van der Waals surface area contributed by atoms with Crippen LogP contribution in [0.25, 0.3) is 0 Å². The molecule has 0 fully saturated rings. The number of anilines is 1.